The number of hydrogen-bond donors (Lipinski definition) is 1. The number of carbonyl (C=O) groups is 1. The van der Waals surface area contributed by atoms with Gasteiger partial charge in [-0.3, -0.25) is 10.1 Å². The van der Waals surface area contributed by atoms with Crippen LogP contribution in [0, 0.1) is 6.92 Å². The third-order valence-electron chi connectivity index (χ3n) is 3.21. The van der Waals surface area contributed by atoms with Crippen molar-refractivity contribution in [2.45, 2.75) is 45.3 Å². The Morgan fingerprint density at radius 2 is 2.45 bits per heavy atom. The third-order valence-corrected chi connectivity index (χ3v) is 3.21. The van der Waals surface area contributed by atoms with E-state index in [4.69, 9.17) is 9.47 Å². The molecule has 2 heterocycles. The lowest BCUT2D eigenvalue weighted by Gasteiger charge is -2.23. The maximum Gasteiger partial charge on any atom is 0.255 e. The zero-order valence-corrected chi connectivity index (χ0v) is 12.0. The molecule has 6 heteroatoms. The van der Waals surface area contributed by atoms with Gasteiger partial charge in [-0.1, -0.05) is 0 Å². The fourth-order valence-corrected chi connectivity index (χ4v) is 1.99. The molecular weight excluding hydrogens is 258 g/mol. The molecule has 6 nitrogen and oxygen atoms in total. The molecule has 0 saturated carbocycles. The van der Waals surface area contributed by atoms with Gasteiger partial charge in [0.05, 0.1) is 12.7 Å². The number of rotatable bonds is 5. The Morgan fingerprint density at radius 1 is 1.60 bits per heavy atom. The van der Waals surface area contributed by atoms with Crippen LogP contribution in [0.15, 0.2) is 12.3 Å². The van der Waals surface area contributed by atoms with Gasteiger partial charge in [-0.25, -0.2) is 9.97 Å². The quantitative estimate of drug-likeness (QED) is 0.888. The number of carbonyl (C=O) groups excluding carboxylic acids is 1. The van der Waals surface area contributed by atoms with Crippen LogP contribution in [0.4, 0.5) is 5.95 Å². The van der Waals surface area contributed by atoms with Crippen molar-refractivity contribution in [2.75, 3.05) is 18.5 Å². The van der Waals surface area contributed by atoms with E-state index < -0.39 is 6.10 Å². The summed E-state index contributed by atoms with van der Waals surface area (Å²) in [5, 5.41) is 2.64. The van der Waals surface area contributed by atoms with Crippen molar-refractivity contribution in [3.05, 3.63) is 18.0 Å². The zero-order valence-electron chi connectivity index (χ0n) is 12.0. The van der Waals surface area contributed by atoms with E-state index >= 15 is 0 Å². The van der Waals surface area contributed by atoms with Gasteiger partial charge < -0.3 is 9.47 Å². The second kappa shape index (κ2) is 7.31. The first-order valence-electron chi connectivity index (χ1n) is 6.99. The van der Waals surface area contributed by atoms with Crippen molar-refractivity contribution in [1.82, 2.24) is 9.97 Å². The number of hydrogen-bond acceptors (Lipinski definition) is 5. The molecule has 1 fully saturated rings. The number of aryl methyl sites for hydroxylation is 1. The van der Waals surface area contributed by atoms with Crippen LogP contribution in [0.25, 0.3) is 0 Å². The molecule has 2 atom stereocenters. The van der Waals surface area contributed by atoms with Gasteiger partial charge in [0.15, 0.2) is 0 Å². The fourth-order valence-electron chi connectivity index (χ4n) is 1.99. The Morgan fingerprint density at radius 3 is 3.15 bits per heavy atom. The van der Waals surface area contributed by atoms with Crippen LogP contribution < -0.4 is 5.32 Å². The van der Waals surface area contributed by atoms with Crippen LogP contribution in [0.1, 0.15) is 31.9 Å². The monoisotopic (exact) mass is 279 g/mol. The highest BCUT2D eigenvalue weighted by atomic mass is 16.5. The lowest BCUT2D eigenvalue weighted by atomic mass is 10.1. The van der Waals surface area contributed by atoms with Gasteiger partial charge >= 0.3 is 0 Å². The standard InChI is InChI=1S/C14H21N3O3/c1-10-6-7-15-14(16-10)17-13(18)11(2)20-9-12-5-3-4-8-19-12/h6-7,11-12H,3-5,8-9H2,1-2H3,(H,15,16,17,18). The van der Waals surface area contributed by atoms with E-state index in [-0.39, 0.29) is 12.0 Å². The molecule has 1 N–H and O–H groups in total. The van der Waals surface area contributed by atoms with Crippen molar-refractivity contribution >= 4 is 11.9 Å². The molecule has 0 bridgehead atoms. The molecule has 0 radical (unpaired) electrons. The average Bonchev–Trinajstić information content (AvgIpc) is 2.46. The first-order valence-corrected chi connectivity index (χ1v) is 6.99. The predicted molar refractivity (Wildman–Crippen MR) is 74.4 cm³/mol. The lowest BCUT2D eigenvalue weighted by Crippen LogP contribution is -2.33. The maximum absolute atomic E-state index is 11.9. The van der Waals surface area contributed by atoms with Gasteiger partial charge in [0, 0.05) is 18.5 Å². The molecule has 110 valence electrons. The maximum atomic E-state index is 11.9. The second-order valence-electron chi connectivity index (χ2n) is 4.98. The highest BCUT2D eigenvalue weighted by molar-refractivity contribution is 5.92. The first-order chi connectivity index (χ1) is 9.65. The summed E-state index contributed by atoms with van der Waals surface area (Å²) >= 11 is 0. The highest BCUT2D eigenvalue weighted by Gasteiger charge is 2.19. The minimum absolute atomic E-state index is 0.106. The molecule has 2 rings (SSSR count). The largest absolute Gasteiger partial charge is 0.376 e. The summed E-state index contributed by atoms with van der Waals surface area (Å²) in [4.78, 5) is 20.1. The highest BCUT2D eigenvalue weighted by Crippen LogP contribution is 2.13. The number of anilines is 1. The smallest absolute Gasteiger partial charge is 0.255 e. The molecule has 1 aromatic rings. The van der Waals surface area contributed by atoms with E-state index in [1.54, 1.807) is 19.2 Å². The van der Waals surface area contributed by atoms with Crippen LogP contribution in [-0.2, 0) is 14.3 Å². The second-order valence-corrected chi connectivity index (χ2v) is 4.98. The van der Waals surface area contributed by atoms with Gasteiger partial charge in [-0.2, -0.15) is 0 Å². The number of amides is 1. The van der Waals surface area contributed by atoms with E-state index in [0.29, 0.717) is 12.6 Å². The molecule has 0 aromatic carbocycles. The SMILES string of the molecule is Cc1ccnc(NC(=O)C(C)OCC2CCCCO2)n1. The summed E-state index contributed by atoms with van der Waals surface area (Å²) in [6.45, 7) is 4.79. The van der Waals surface area contributed by atoms with Crippen molar-refractivity contribution < 1.29 is 14.3 Å². The van der Waals surface area contributed by atoms with Crippen molar-refractivity contribution in [1.29, 1.82) is 0 Å². The zero-order chi connectivity index (χ0) is 14.4. The van der Waals surface area contributed by atoms with Crippen molar-refractivity contribution in [3.8, 4) is 0 Å². The topological polar surface area (TPSA) is 73.3 Å². The van der Waals surface area contributed by atoms with E-state index in [1.807, 2.05) is 6.92 Å². The molecule has 1 saturated heterocycles. The van der Waals surface area contributed by atoms with Crippen LogP contribution in [-0.4, -0.2) is 41.3 Å². The molecular formula is C14H21N3O3. The van der Waals surface area contributed by atoms with Gasteiger partial charge in [0.1, 0.15) is 6.10 Å². The van der Waals surface area contributed by atoms with Crippen LogP contribution in [0.3, 0.4) is 0 Å². The minimum atomic E-state index is -0.551. The summed E-state index contributed by atoms with van der Waals surface area (Å²) in [5.41, 5.74) is 0.805. The average molecular weight is 279 g/mol. The Labute approximate surface area is 118 Å². The molecule has 1 aliphatic rings. The van der Waals surface area contributed by atoms with E-state index in [9.17, 15) is 4.79 Å². The first kappa shape index (κ1) is 14.9. The Bertz CT molecular complexity index is 447. The predicted octanol–water partition coefficient (Wildman–Crippen LogP) is 1.70. The van der Waals surface area contributed by atoms with Crippen molar-refractivity contribution in [2.24, 2.45) is 0 Å². The fraction of sp³-hybridized carbons (Fsp3) is 0.643. The van der Waals surface area contributed by atoms with Gasteiger partial charge in [0.2, 0.25) is 5.95 Å². The summed E-state index contributed by atoms with van der Waals surface area (Å²) in [6.07, 6.45) is 4.43. The third kappa shape index (κ3) is 4.54. The molecule has 0 spiro atoms. The lowest BCUT2D eigenvalue weighted by molar-refractivity contribution is -0.130. The summed E-state index contributed by atoms with van der Waals surface area (Å²) in [7, 11) is 0. The van der Waals surface area contributed by atoms with Gasteiger partial charge in [-0.05, 0) is 39.2 Å². The summed E-state index contributed by atoms with van der Waals surface area (Å²) < 4.78 is 11.1. The van der Waals surface area contributed by atoms with Crippen LogP contribution in [0.5, 0.6) is 0 Å². The normalized spacial score (nSPS) is 20.4. The number of nitrogens with zero attached hydrogens (tertiary/aromatic N) is 2. The van der Waals surface area contributed by atoms with E-state index in [2.05, 4.69) is 15.3 Å². The van der Waals surface area contributed by atoms with E-state index in [0.717, 1.165) is 31.6 Å². The number of nitrogens with one attached hydrogen (secondary N) is 1. The van der Waals surface area contributed by atoms with E-state index in [1.165, 1.54) is 0 Å². The van der Waals surface area contributed by atoms with Crippen LogP contribution in [0.2, 0.25) is 0 Å². The summed E-state index contributed by atoms with van der Waals surface area (Å²) in [5.74, 6) is 0.0609. The number of ether oxygens (including phenoxy) is 2. The molecule has 1 amide bonds. The summed E-state index contributed by atoms with van der Waals surface area (Å²) in [6, 6.07) is 1.77. The number of aromatic nitrogens is 2. The van der Waals surface area contributed by atoms with Gasteiger partial charge in [-0.15, -0.1) is 0 Å². The Kier molecular flexibility index (Phi) is 5.43. The minimum Gasteiger partial charge on any atom is -0.376 e. The van der Waals surface area contributed by atoms with Gasteiger partial charge in [0.25, 0.3) is 5.91 Å². The molecule has 2 unspecified atom stereocenters. The molecule has 1 aliphatic heterocycles. The Hall–Kier alpha value is -1.53. The molecule has 0 aliphatic carbocycles. The van der Waals surface area contributed by atoms with Crippen molar-refractivity contribution in [3.63, 3.8) is 0 Å². The Balaban J connectivity index is 1.76. The molecule has 20 heavy (non-hydrogen) atoms. The molecule has 1 aromatic heterocycles. The van der Waals surface area contributed by atoms with Crippen LogP contribution >= 0.6 is 0 Å².